The summed E-state index contributed by atoms with van der Waals surface area (Å²) in [5.74, 6) is -1.57. The Labute approximate surface area is 225 Å². The Hall–Kier alpha value is -3.69. The van der Waals surface area contributed by atoms with Crippen molar-refractivity contribution in [1.82, 2.24) is 19.9 Å². The minimum atomic E-state index is -0.840. The second kappa shape index (κ2) is 9.56. The van der Waals surface area contributed by atoms with Crippen molar-refractivity contribution in [2.75, 3.05) is 37.7 Å². The summed E-state index contributed by atoms with van der Waals surface area (Å²) in [6, 6.07) is 7.50. The highest BCUT2D eigenvalue weighted by atomic mass is 35.5. The maximum absolute atomic E-state index is 15.7. The fourth-order valence-corrected chi connectivity index (χ4v) is 5.72. The molecule has 2 saturated heterocycles. The number of epoxide rings is 1. The van der Waals surface area contributed by atoms with Crippen LogP contribution in [0.25, 0.3) is 28.1 Å². The lowest BCUT2D eigenvalue weighted by molar-refractivity contribution is 0.104. The van der Waals surface area contributed by atoms with E-state index in [1.54, 1.807) is 11.7 Å². The molecule has 0 amide bonds. The number of fused-ring (bicyclic) bond motifs is 1. The van der Waals surface area contributed by atoms with Gasteiger partial charge in [-0.3, -0.25) is 9.88 Å². The molecule has 2 aromatic heterocycles. The van der Waals surface area contributed by atoms with Gasteiger partial charge in [0, 0.05) is 48.2 Å². The highest BCUT2D eigenvalue weighted by Crippen LogP contribution is 2.43. The number of nitriles is 1. The smallest absolute Gasteiger partial charge is 0.181 e. The Morgan fingerprint density at radius 3 is 2.66 bits per heavy atom. The monoisotopic (exact) mass is 552 g/mol. The lowest BCUT2D eigenvalue weighted by Crippen LogP contribution is -2.53. The van der Waals surface area contributed by atoms with Gasteiger partial charge in [0.2, 0.25) is 0 Å². The van der Waals surface area contributed by atoms with Crippen molar-refractivity contribution in [1.29, 1.82) is 5.26 Å². The van der Waals surface area contributed by atoms with Gasteiger partial charge in [0.1, 0.15) is 29.2 Å². The van der Waals surface area contributed by atoms with Gasteiger partial charge in [-0.25, -0.2) is 18.7 Å². The molecule has 2 aromatic carbocycles. The average molecular weight is 553 g/mol. The largest absolute Gasteiger partial charge is 0.507 e. The molecule has 8 nitrogen and oxygen atoms in total. The van der Waals surface area contributed by atoms with Crippen molar-refractivity contribution < 1.29 is 18.6 Å². The van der Waals surface area contributed by atoms with E-state index in [0.29, 0.717) is 49.6 Å². The number of aromatic nitrogens is 3. The summed E-state index contributed by atoms with van der Waals surface area (Å²) in [7, 11) is 0. The molecule has 2 fully saturated rings. The molecule has 12 heteroatoms. The number of hydrogen-bond donors (Lipinski definition) is 1. The minimum Gasteiger partial charge on any atom is -0.507 e. The summed E-state index contributed by atoms with van der Waals surface area (Å²) in [4.78, 5) is 17.6. The van der Waals surface area contributed by atoms with Gasteiger partial charge in [-0.15, -0.1) is 11.3 Å². The molecule has 0 radical (unpaired) electrons. The van der Waals surface area contributed by atoms with Gasteiger partial charge in [-0.2, -0.15) is 5.26 Å². The number of phenolic OH excluding ortho intramolecular Hbond substituents is 1. The zero-order valence-electron chi connectivity index (χ0n) is 19.7. The van der Waals surface area contributed by atoms with Crippen LogP contribution in [-0.4, -0.2) is 63.5 Å². The number of piperazine rings is 1. The maximum Gasteiger partial charge on any atom is 0.181 e. The van der Waals surface area contributed by atoms with Crippen molar-refractivity contribution >= 4 is 45.7 Å². The Balaban J connectivity index is 1.29. The van der Waals surface area contributed by atoms with Crippen LogP contribution in [0.4, 0.5) is 14.6 Å². The minimum absolute atomic E-state index is 0.0271. The first-order chi connectivity index (χ1) is 18.4. The first kappa shape index (κ1) is 24.6. The predicted molar refractivity (Wildman–Crippen MR) is 140 cm³/mol. The molecule has 38 heavy (non-hydrogen) atoms. The van der Waals surface area contributed by atoms with Crippen molar-refractivity contribution in [2.45, 2.75) is 5.72 Å². The summed E-state index contributed by atoms with van der Waals surface area (Å²) in [5.41, 5.74) is 0.878. The van der Waals surface area contributed by atoms with Crippen LogP contribution < -0.4 is 4.90 Å². The van der Waals surface area contributed by atoms with E-state index in [1.165, 1.54) is 35.9 Å². The molecule has 2 aliphatic rings. The number of aromatic hydroxyl groups is 1. The van der Waals surface area contributed by atoms with E-state index in [9.17, 15) is 14.8 Å². The van der Waals surface area contributed by atoms with Gasteiger partial charge >= 0.3 is 0 Å². The predicted octanol–water partition coefficient (Wildman–Crippen LogP) is 4.85. The zero-order valence-corrected chi connectivity index (χ0v) is 21.3. The van der Waals surface area contributed by atoms with Gasteiger partial charge in [0.05, 0.1) is 34.3 Å². The number of phenols is 1. The topological polar surface area (TPSA) is 102 Å². The third kappa shape index (κ3) is 4.06. The van der Waals surface area contributed by atoms with Crippen LogP contribution >= 0.6 is 22.9 Å². The normalized spacial score (nSPS) is 20.1. The summed E-state index contributed by atoms with van der Waals surface area (Å²) in [6.45, 7) is 2.64. The molecule has 0 spiro atoms. The number of benzene rings is 2. The second-order valence-electron chi connectivity index (χ2n) is 8.90. The Morgan fingerprint density at radius 2 is 2.00 bits per heavy atom. The van der Waals surface area contributed by atoms with Crippen molar-refractivity contribution in [2.24, 2.45) is 0 Å². The maximum atomic E-state index is 15.7. The quantitative estimate of drug-likeness (QED) is 0.277. The molecule has 192 valence electrons. The van der Waals surface area contributed by atoms with E-state index in [4.69, 9.17) is 16.3 Å². The van der Waals surface area contributed by atoms with Crippen LogP contribution in [0.5, 0.6) is 5.75 Å². The molecular weight excluding hydrogens is 534 g/mol. The van der Waals surface area contributed by atoms with Crippen LogP contribution in [0.15, 0.2) is 47.9 Å². The molecule has 2 aliphatic heterocycles. The summed E-state index contributed by atoms with van der Waals surface area (Å²) in [5, 5.41) is 20.3. The molecule has 0 bridgehead atoms. The van der Waals surface area contributed by atoms with E-state index in [-0.39, 0.29) is 21.7 Å². The standard InChI is InChI=1S/C26H19ClF2N6O2S/c27-18-9-17-24(23(29)21(18)22-19(28)2-1-3-20(22)36)32-13-33-25(17)34-4-6-35(7-5-34)26(12-37-26)15(10-30)8-16-11-31-14-38-16/h1-3,8-9,11,13-14,36H,4-7,12H2/b15-8+. The van der Waals surface area contributed by atoms with Crippen LogP contribution in [0.2, 0.25) is 5.02 Å². The third-order valence-corrected chi connectivity index (χ3v) is 7.85. The number of halogens is 3. The second-order valence-corrected chi connectivity index (χ2v) is 10.2. The lowest BCUT2D eigenvalue weighted by Gasteiger charge is -2.38. The van der Waals surface area contributed by atoms with Crippen molar-refractivity contribution in [3.05, 3.63) is 69.4 Å². The number of anilines is 1. The highest BCUT2D eigenvalue weighted by molar-refractivity contribution is 7.10. The molecule has 1 N–H and O–H groups in total. The molecule has 1 atom stereocenters. The van der Waals surface area contributed by atoms with Gasteiger partial charge in [0.15, 0.2) is 11.5 Å². The fraction of sp³-hybridized carbons (Fsp3) is 0.231. The number of hydrogen-bond acceptors (Lipinski definition) is 9. The van der Waals surface area contributed by atoms with Gasteiger partial charge in [0.25, 0.3) is 0 Å². The zero-order chi connectivity index (χ0) is 26.4. The molecule has 6 rings (SSSR count). The average Bonchev–Trinajstić information content (AvgIpc) is 3.56. The van der Waals surface area contributed by atoms with Crippen LogP contribution in [0, 0.1) is 23.0 Å². The summed E-state index contributed by atoms with van der Waals surface area (Å²) < 4.78 is 36.0. The number of ether oxygens (including phenoxy) is 1. The Bertz CT molecular complexity index is 1590. The van der Waals surface area contributed by atoms with Gasteiger partial charge < -0.3 is 14.7 Å². The SMILES string of the molecule is N#C/C(=C\c1cncs1)C1(N2CCN(c3ncnc4c(F)c(-c5c(O)cccc5F)c(Cl)cc34)CC2)CO1. The number of thiazole rings is 1. The molecule has 0 saturated carbocycles. The molecular formula is C26H19ClF2N6O2S. The van der Waals surface area contributed by atoms with E-state index < -0.39 is 23.1 Å². The third-order valence-electron chi connectivity index (χ3n) is 6.83. The van der Waals surface area contributed by atoms with Crippen molar-refractivity contribution in [3.8, 4) is 22.9 Å². The molecule has 4 aromatic rings. The van der Waals surface area contributed by atoms with E-state index in [2.05, 4.69) is 25.9 Å². The molecule has 4 heterocycles. The summed E-state index contributed by atoms with van der Waals surface area (Å²) >= 11 is 7.89. The summed E-state index contributed by atoms with van der Waals surface area (Å²) in [6.07, 6.45) is 4.77. The van der Waals surface area contributed by atoms with Crippen LogP contribution in [0.3, 0.4) is 0 Å². The Morgan fingerprint density at radius 1 is 1.21 bits per heavy atom. The molecule has 1 unspecified atom stereocenters. The van der Waals surface area contributed by atoms with Crippen molar-refractivity contribution in [3.63, 3.8) is 0 Å². The van der Waals surface area contributed by atoms with E-state index >= 15 is 4.39 Å². The first-order valence-electron chi connectivity index (χ1n) is 11.7. The number of nitrogens with zero attached hydrogens (tertiary/aromatic N) is 6. The number of rotatable bonds is 5. The fourth-order valence-electron chi connectivity index (χ4n) is 4.89. The van der Waals surface area contributed by atoms with Gasteiger partial charge in [-0.05, 0) is 24.3 Å². The lowest BCUT2D eigenvalue weighted by atomic mass is 10.0. The first-order valence-corrected chi connectivity index (χ1v) is 12.9. The van der Waals surface area contributed by atoms with Crippen LogP contribution in [0.1, 0.15) is 4.88 Å². The molecule has 0 aliphatic carbocycles. The van der Waals surface area contributed by atoms with E-state index in [1.807, 2.05) is 11.0 Å². The van der Waals surface area contributed by atoms with Crippen LogP contribution in [-0.2, 0) is 4.74 Å². The Kier molecular flexibility index (Phi) is 6.20. The van der Waals surface area contributed by atoms with E-state index in [0.717, 1.165) is 10.9 Å². The highest BCUT2D eigenvalue weighted by Gasteiger charge is 2.54. The van der Waals surface area contributed by atoms with Gasteiger partial charge in [-0.1, -0.05) is 17.7 Å².